The fourth-order valence-corrected chi connectivity index (χ4v) is 1.48. The molecule has 18 heavy (non-hydrogen) atoms. The molecule has 1 aromatic rings. The molecular formula is C8H4O8S2-2. The van der Waals surface area contributed by atoms with Gasteiger partial charge in [0.15, 0.2) is 0 Å². The van der Waals surface area contributed by atoms with E-state index in [4.69, 9.17) is 0 Å². The molecule has 10 heteroatoms. The molecule has 0 spiro atoms. The highest BCUT2D eigenvalue weighted by Crippen LogP contribution is 2.12. The molecule has 0 amide bonds. The molecule has 98 valence electrons. The first-order chi connectivity index (χ1) is 8.41. The van der Waals surface area contributed by atoms with Crippen molar-refractivity contribution in [3.05, 3.63) is 35.4 Å². The molecule has 0 bridgehead atoms. The van der Waals surface area contributed by atoms with Gasteiger partial charge in [-0.1, -0.05) is 12.1 Å². The maximum Gasteiger partial charge on any atom is 0.352 e. The quantitative estimate of drug-likeness (QED) is 0.684. The lowest BCUT2D eigenvalue weighted by Crippen LogP contribution is -2.15. The summed E-state index contributed by atoms with van der Waals surface area (Å²) in [5, 5.41) is 0. The molecule has 0 saturated carbocycles. The Balaban J connectivity index is 3.06. The zero-order valence-corrected chi connectivity index (χ0v) is 10.0. The van der Waals surface area contributed by atoms with Crippen molar-refractivity contribution in [2.24, 2.45) is 0 Å². The maximum atomic E-state index is 11.3. The summed E-state index contributed by atoms with van der Waals surface area (Å²) in [6.45, 7) is 0. The first kappa shape index (κ1) is 14.4. The van der Waals surface area contributed by atoms with Gasteiger partial charge in [0.05, 0.1) is 11.1 Å². The van der Waals surface area contributed by atoms with Crippen LogP contribution in [0.5, 0.6) is 0 Å². The summed E-state index contributed by atoms with van der Waals surface area (Å²) in [7, 11) is 0. The fourth-order valence-electron chi connectivity index (χ4n) is 1.05. The molecule has 1 rings (SSSR count). The largest absolute Gasteiger partial charge is 0.740 e. The van der Waals surface area contributed by atoms with Crippen LogP contribution in [0.3, 0.4) is 0 Å². The van der Waals surface area contributed by atoms with Crippen LogP contribution in [-0.2, 0) is 31.1 Å². The molecule has 0 fully saturated rings. The van der Waals surface area contributed by atoms with E-state index in [-0.39, 0.29) is 0 Å². The SMILES string of the molecule is O=C(OS(=O)[O-])c1ccccc1C(=O)OS(=O)[O-]. The molecule has 2 unspecified atom stereocenters. The van der Waals surface area contributed by atoms with Gasteiger partial charge in [0, 0.05) is 0 Å². The number of benzene rings is 1. The van der Waals surface area contributed by atoms with Gasteiger partial charge in [-0.25, -0.2) is 18.0 Å². The second kappa shape index (κ2) is 6.35. The molecule has 2 atom stereocenters. The molecule has 0 aliphatic heterocycles. The Morgan fingerprint density at radius 1 is 0.889 bits per heavy atom. The van der Waals surface area contributed by atoms with E-state index < -0.39 is 45.8 Å². The van der Waals surface area contributed by atoms with Gasteiger partial charge in [0.2, 0.25) is 0 Å². The third-order valence-electron chi connectivity index (χ3n) is 1.65. The fraction of sp³-hybridized carbons (Fsp3) is 0. The smallest absolute Gasteiger partial charge is 0.352 e. The van der Waals surface area contributed by atoms with Crippen molar-refractivity contribution in [1.82, 2.24) is 0 Å². The van der Waals surface area contributed by atoms with Gasteiger partial charge in [0.25, 0.3) is 0 Å². The van der Waals surface area contributed by atoms with Crippen LogP contribution in [0.1, 0.15) is 20.7 Å². The van der Waals surface area contributed by atoms with E-state index in [1.807, 2.05) is 0 Å². The summed E-state index contributed by atoms with van der Waals surface area (Å²) in [4.78, 5) is 22.6. The summed E-state index contributed by atoms with van der Waals surface area (Å²) in [6.07, 6.45) is 0. The summed E-state index contributed by atoms with van der Waals surface area (Å²) in [5.41, 5.74) is -0.866. The van der Waals surface area contributed by atoms with Crippen molar-refractivity contribution in [2.45, 2.75) is 0 Å². The van der Waals surface area contributed by atoms with Crippen LogP contribution in [0, 0.1) is 0 Å². The van der Waals surface area contributed by atoms with Gasteiger partial charge in [-0.05, 0) is 12.1 Å². The first-order valence-corrected chi connectivity index (χ1v) is 6.14. The number of rotatable bonds is 4. The standard InChI is InChI=1S/C8H6O8S2/c9-7(15-17(11)12)5-3-1-2-4-6(5)8(10)16-18(13)14/h1-4H,(H,11,12)(H,13,14)/p-2. The molecule has 8 nitrogen and oxygen atoms in total. The minimum atomic E-state index is -3.10. The van der Waals surface area contributed by atoms with E-state index >= 15 is 0 Å². The second-order valence-electron chi connectivity index (χ2n) is 2.70. The number of hydrogen-bond donors (Lipinski definition) is 0. The van der Waals surface area contributed by atoms with Gasteiger partial charge < -0.3 is 17.5 Å². The highest BCUT2D eigenvalue weighted by atomic mass is 32.2. The summed E-state index contributed by atoms with van der Waals surface area (Å²) >= 11 is -6.20. The molecule has 0 aliphatic rings. The minimum absolute atomic E-state index is 0.433. The van der Waals surface area contributed by atoms with Crippen LogP contribution < -0.4 is 0 Å². The maximum absolute atomic E-state index is 11.3. The predicted octanol–water partition coefficient (Wildman–Crippen LogP) is -0.412. The Labute approximate surface area is 106 Å². The highest BCUT2D eigenvalue weighted by molar-refractivity contribution is 7.74. The number of hydrogen-bond acceptors (Lipinski definition) is 8. The summed E-state index contributed by atoms with van der Waals surface area (Å²) < 4.78 is 48.4. The van der Waals surface area contributed by atoms with Gasteiger partial charge in [0.1, 0.15) is 22.7 Å². The number of carbonyl (C=O) groups is 2. The zero-order chi connectivity index (χ0) is 13.7. The first-order valence-electron chi connectivity index (χ1n) is 4.14. The average molecular weight is 292 g/mol. The van der Waals surface area contributed by atoms with Crippen molar-refractivity contribution in [1.29, 1.82) is 0 Å². The molecule has 0 heterocycles. The summed E-state index contributed by atoms with van der Waals surface area (Å²) in [5.74, 6) is -2.65. The lowest BCUT2D eigenvalue weighted by Gasteiger charge is -2.10. The molecule has 0 aliphatic carbocycles. The van der Waals surface area contributed by atoms with E-state index in [9.17, 15) is 27.1 Å². The zero-order valence-electron chi connectivity index (χ0n) is 8.39. The average Bonchev–Trinajstić information content (AvgIpc) is 2.27. The van der Waals surface area contributed by atoms with Crippen molar-refractivity contribution >= 4 is 34.7 Å². The highest BCUT2D eigenvalue weighted by Gasteiger charge is 2.19. The lowest BCUT2D eigenvalue weighted by atomic mass is 10.1. The third kappa shape index (κ3) is 4.00. The van der Waals surface area contributed by atoms with E-state index in [2.05, 4.69) is 8.37 Å². The van der Waals surface area contributed by atoms with Crippen molar-refractivity contribution in [3.8, 4) is 0 Å². The molecule has 0 saturated heterocycles. The van der Waals surface area contributed by atoms with Gasteiger partial charge in [-0.2, -0.15) is 0 Å². The summed E-state index contributed by atoms with van der Waals surface area (Å²) in [6, 6.07) is 4.82. The van der Waals surface area contributed by atoms with Gasteiger partial charge in [-0.3, -0.25) is 0 Å². The van der Waals surface area contributed by atoms with Crippen LogP contribution in [0.2, 0.25) is 0 Å². The van der Waals surface area contributed by atoms with Crippen LogP contribution in [0.15, 0.2) is 24.3 Å². The lowest BCUT2D eigenvalue weighted by molar-refractivity contribution is 0.0697. The Morgan fingerprint density at radius 3 is 1.50 bits per heavy atom. The molecule has 0 radical (unpaired) electrons. The van der Waals surface area contributed by atoms with Crippen LogP contribution in [0.4, 0.5) is 0 Å². The predicted molar refractivity (Wildman–Crippen MR) is 55.1 cm³/mol. The van der Waals surface area contributed by atoms with Crippen molar-refractivity contribution in [3.63, 3.8) is 0 Å². The molecular weight excluding hydrogens is 288 g/mol. The van der Waals surface area contributed by atoms with E-state index in [1.54, 1.807) is 0 Å². The minimum Gasteiger partial charge on any atom is -0.740 e. The molecule has 0 aromatic heterocycles. The van der Waals surface area contributed by atoms with Gasteiger partial charge >= 0.3 is 11.9 Å². The van der Waals surface area contributed by atoms with E-state index in [1.165, 1.54) is 12.1 Å². The monoisotopic (exact) mass is 292 g/mol. The Bertz CT molecular complexity index is 479. The van der Waals surface area contributed by atoms with Crippen LogP contribution in [0.25, 0.3) is 0 Å². The van der Waals surface area contributed by atoms with Gasteiger partial charge in [-0.15, -0.1) is 0 Å². The number of carbonyl (C=O) groups excluding carboxylic acids is 2. The Kier molecular flexibility index (Phi) is 5.09. The molecule has 0 N–H and O–H groups in total. The Hall–Kier alpha value is -1.62. The van der Waals surface area contributed by atoms with Crippen molar-refractivity contribution < 1.29 is 35.5 Å². The van der Waals surface area contributed by atoms with E-state index in [0.29, 0.717) is 0 Å². The second-order valence-corrected chi connectivity index (χ2v) is 3.85. The Morgan fingerprint density at radius 2 is 1.22 bits per heavy atom. The van der Waals surface area contributed by atoms with E-state index in [0.717, 1.165) is 12.1 Å². The normalized spacial score (nSPS) is 13.4. The van der Waals surface area contributed by atoms with Crippen LogP contribution in [-0.4, -0.2) is 29.5 Å². The third-order valence-corrected chi connectivity index (χ3v) is 2.23. The topological polar surface area (TPSA) is 133 Å². The van der Waals surface area contributed by atoms with Crippen LogP contribution >= 0.6 is 0 Å². The molecule has 1 aromatic carbocycles. The van der Waals surface area contributed by atoms with Crippen molar-refractivity contribution in [2.75, 3.05) is 0 Å².